The van der Waals surface area contributed by atoms with Gasteiger partial charge < -0.3 is 19.8 Å². The van der Waals surface area contributed by atoms with Crippen molar-refractivity contribution < 1.29 is 14.3 Å². The number of amides is 1. The van der Waals surface area contributed by atoms with E-state index in [1.54, 1.807) is 18.7 Å². The first-order valence-corrected chi connectivity index (χ1v) is 13.6. The van der Waals surface area contributed by atoms with Gasteiger partial charge in [-0.2, -0.15) is 0 Å². The molecule has 2 aliphatic rings. The van der Waals surface area contributed by atoms with Crippen molar-refractivity contribution in [2.24, 2.45) is 5.92 Å². The first kappa shape index (κ1) is 26.6. The summed E-state index contributed by atoms with van der Waals surface area (Å²) in [7, 11) is 0. The van der Waals surface area contributed by atoms with Crippen LogP contribution in [0.2, 0.25) is 0 Å². The van der Waals surface area contributed by atoms with E-state index in [-0.39, 0.29) is 5.91 Å². The lowest BCUT2D eigenvalue weighted by molar-refractivity contribution is 0.0474. The number of piperidine rings is 2. The highest BCUT2D eigenvalue weighted by Crippen LogP contribution is 2.27. The number of likely N-dealkylation sites (tertiary alicyclic amines) is 2. The second kappa shape index (κ2) is 11.7. The third kappa shape index (κ3) is 7.07. The summed E-state index contributed by atoms with van der Waals surface area (Å²) < 4.78 is 14.0. The predicted molar refractivity (Wildman–Crippen MR) is 145 cm³/mol. The van der Waals surface area contributed by atoms with Crippen molar-refractivity contribution in [1.29, 1.82) is 0 Å². The number of carbonyl (C=O) groups is 1. The van der Waals surface area contributed by atoms with Gasteiger partial charge in [-0.05, 0) is 101 Å². The van der Waals surface area contributed by atoms with E-state index >= 15 is 0 Å². The number of rotatable bonds is 8. The molecule has 0 radical (unpaired) electrons. The van der Waals surface area contributed by atoms with Crippen molar-refractivity contribution in [3.05, 3.63) is 54.1 Å². The average Bonchev–Trinajstić information content (AvgIpc) is 2.87. The van der Waals surface area contributed by atoms with E-state index in [1.807, 2.05) is 24.3 Å². The molecular formula is C30H42FN3O2. The van der Waals surface area contributed by atoms with Crippen molar-refractivity contribution in [2.45, 2.75) is 58.2 Å². The van der Waals surface area contributed by atoms with Crippen LogP contribution in [-0.4, -0.2) is 78.4 Å². The summed E-state index contributed by atoms with van der Waals surface area (Å²) in [6.45, 7) is 11.1. The number of alkyl halides is 1. The number of carbonyl (C=O) groups excluding carboxylic acids is 1. The maximum absolute atomic E-state index is 14.0. The van der Waals surface area contributed by atoms with E-state index in [0.717, 1.165) is 63.0 Å². The fourth-order valence-electron chi connectivity index (χ4n) is 5.58. The predicted octanol–water partition coefficient (Wildman–Crippen LogP) is 5.24. The molecule has 2 aromatic carbocycles. The number of benzene rings is 2. The summed E-state index contributed by atoms with van der Waals surface area (Å²) in [5, 5.41) is 9.87. The van der Waals surface area contributed by atoms with Crippen LogP contribution in [0.15, 0.2) is 48.5 Å². The third-order valence-electron chi connectivity index (χ3n) is 7.55. The fraction of sp³-hybridized carbons (Fsp3) is 0.567. The standard InChI is InChI=1S/C30H42FN3O2/c1-4-33(20-23-15-18-32(19-16-23)22-30(2,3)31)27-13-11-25(12-14-27)24-7-9-26(10-8-24)29(36)34-17-5-6-28(35)21-34/h7-14,23,28,35H,4-6,15-22H2,1-3H3/t28-/m1/s1. The number of aliphatic hydroxyl groups excluding tert-OH is 1. The number of hydrogen-bond acceptors (Lipinski definition) is 4. The molecule has 6 heteroatoms. The second-order valence-corrected chi connectivity index (χ2v) is 11.1. The summed E-state index contributed by atoms with van der Waals surface area (Å²) in [5.74, 6) is 0.628. The molecule has 0 unspecified atom stereocenters. The Morgan fingerprint density at radius 2 is 1.61 bits per heavy atom. The molecule has 0 saturated carbocycles. The highest BCUT2D eigenvalue weighted by molar-refractivity contribution is 5.94. The molecule has 0 bridgehead atoms. The zero-order valence-corrected chi connectivity index (χ0v) is 22.1. The Bertz CT molecular complexity index is 979. The molecule has 1 atom stereocenters. The molecule has 2 saturated heterocycles. The second-order valence-electron chi connectivity index (χ2n) is 11.1. The molecule has 2 fully saturated rings. The van der Waals surface area contributed by atoms with Gasteiger partial charge in [0.1, 0.15) is 5.67 Å². The van der Waals surface area contributed by atoms with E-state index in [1.165, 1.54) is 5.69 Å². The molecule has 0 aromatic heterocycles. The molecule has 0 spiro atoms. The highest BCUT2D eigenvalue weighted by atomic mass is 19.1. The van der Waals surface area contributed by atoms with Crippen molar-refractivity contribution in [3.63, 3.8) is 0 Å². The van der Waals surface area contributed by atoms with Crippen LogP contribution in [-0.2, 0) is 0 Å². The summed E-state index contributed by atoms with van der Waals surface area (Å²) in [5.41, 5.74) is 2.98. The van der Waals surface area contributed by atoms with Crippen LogP contribution < -0.4 is 4.90 Å². The van der Waals surface area contributed by atoms with Gasteiger partial charge in [0, 0.05) is 44.0 Å². The van der Waals surface area contributed by atoms with Gasteiger partial charge in [0.2, 0.25) is 0 Å². The maximum atomic E-state index is 14.0. The summed E-state index contributed by atoms with van der Waals surface area (Å²) >= 11 is 0. The van der Waals surface area contributed by atoms with Crippen LogP contribution in [0, 0.1) is 5.92 Å². The van der Waals surface area contributed by atoms with Crippen molar-refractivity contribution in [2.75, 3.05) is 50.7 Å². The Morgan fingerprint density at radius 1 is 1.00 bits per heavy atom. The van der Waals surface area contributed by atoms with Crippen LogP contribution in [0.3, 0.4) is 0 Å². The normalized spacial score (nSPS) is 19.9. The largest absolute Gasteiger partial charge is 0.391 e. The molecule has 1 amide bonds. The summed E-state index contributed by atoms with van der Waals surface area (Å²) in [6.07, 6.45) is 3.44. The molecule has 2 aromatic rings. The van der Waals surface area contributed by atoms with Gasteiger partial charge in [-0.1, -0.05) is 24.3 Å². The molecular weight excluding hydrogens is 453 g/mol. The molecule has 196 valence electrons. The molecule has 0 aliphatic carbocycles. The topological polar surface area (TPSA) is 47.0 Å². The lowest BCUT2D eigenvalue weighted by Crippen LogP contribution is -2.43. The van der Waals surface area contributed by atoms with Gasteiger partial charge in [0.05, 0.1) is 6.10 Å². The van der Waals surface area contributed by atoms with E-state index < -0.39 is 11.8 Å². The number of anilines is 1. The monoisotopic (exact) mass is 495 g/mol. The first-order chi connectivity index (χ1) is 17.2. The molecule has 2 aliphatic heterocycles. The van der Waals surface area contributed by atoms with E-state index in [0.29, 0.717) is 31.1 Å². The molecule has 4 rings (SSSR count). The Balaban J connectivity index is 1.33. The lowest BCUT2D eigenvalue weighted by Gasteiger charge is -2.37. The van der Waals surface area contributed by atoms with Gasteiger partial charge in [0.15, 0.2) is 0 Å². The molecule has 5 nitrogen and oxygen atoms in total. The van der Waals surface area contributed by atoms with Gasteiger partial charge in [-0.15, -0.1) is 0 Å². The van der Waals surface area contributed by atoms with Gasteiger partial charge >= 0.3 is 0 Å². The van der Waals surface area contributed by atoms with Crippen LogP contribution in [0.25, 0.3) is 11.1 Å². The fourth-order valence-corrected chi connectivity index (χ4v) is 5.58. The number of hydrogen-bond donors (Lipinski definition) is 1. The first-order valence-electron chi connectivity index (χ1n) is 13.6. The summed E-state index contributed by atoms with van der Waals surface area (Å²) in [6, 6.07) is 16.5. The number of β-amino-alcohol motifs (C(OH)–C–C–N with tert-alkyl or cyclic N) is 1. The van der Waals surface area contributed by atoms with Gasteiger partial charge in [-0.3, -0.25) is 4.79 Å². The number of aliphatic hydroxyl groups is 1. The average molecular weight is 496 g/mol. The van der Waals surface area contributed by atoms with Crippen molar-refractivity contribution in [3.8, 4) is 11.1 Å². The quantitative estimate of drug-likeness (QED) is 0.544. The highest BCUT2D eigenvalue weighted by Gasteiger charge is 2.26. The third-order valence-corrected chi connectivity index (χ3v) is 7.55. The Kier molecular flexibility index (Phi) is 8.68. The molecule has 36 heavy (non-hydrogen) atoms. The van der Waals surface area contributed by atoms with Gasteiger partial charge in [-0.25, -0.2) is 4.39 Å². The summed E-state index contributed by atoms with van der Waals surface area (Å²) in [4.78, 5) is 19.2. The minimum atomic E-state index is -1.13. The van der Waals surface area contributed by atoms with Crippen LogP contribution in [0.1, 0.15) is 56.8 Å². The molecule has 2 heterocycles. The van der Waals surface area contributed by atoms with Crippen LogP contribution in [0.4, 0.5) is 10.1 Å². The minimum absolute atomic E-state index is 0.00604. The van der Waals surface area contributed by atoms with Crippen molar-refractivity contribution >= 4 is 11.6 Å². The Labute approximate surface area is 215 Å². The number of halogens is 1. The van der Waals surface area contributed by atoms with Gasteiger partial charge in [0.25, 0.3) is 5.91 Å². The van der Waals surface area contributed by atoms with Crippen molar-refractivity contribution in [1.82, 2.24) is 9.80 Å². The zero-order chi connectivity index (χ0) is 25.7. The Morgan fingerprint density at radius 3 is 2.17 bits per heavy atom. The Hall–Kier alpha value is -2.44. The van der Waals surface area contributed by atoms with E-state index in [9.17, 15) is 14.3 Å². The smallest absolute Gasteiger partial charge is 0.253 e. The minimum Gasteiger partial charge on any atom is -0.391 e. The SMILES string of the molecule is CCN(CC1CCN(CC(C)(C)F)CC1)c1ccc(-c2ccc(C(=O)N3CCC[C@@H](O)C3)cc2)cc1. The maximum Gasteiger partial charge on any atom is 0.253 e. The van der Waals surface area contributed by atoms with Crippen LogP contribution >= 0.6 is 0 Å². The number of nitrogens with zero attached hydrogens (tertiary/aromatic N) is 3. The van der Waals surface area contributed by atoms with E-state index in [2.05, 4.69) is 41.0 Å². The lowest BCUT2D eigenvalue weighted by atomic mass is 9.95. The molecule has 1 N–H and O–H groups in total. The zero-order valence-electron chi connectivity index (χ0n) is 22.1. The van der Waals surface area contributed by atoms with E-state index in [4.69, 9.17) is 0 Å². The van der Waals surface area contributed by atoms with Crippen LogP contribution in [0.5, 0.6) is 0 Å².